The molecule has 2 rings (SSSR count). The number of carbonyl (C=O) groups is 1. The summed E-state index contributed by atoms with van der Waals surface area (Å²) in [7, 11) is 1.64. The molecule has 6 heteroatoms. The standard InChI is InChI=1S/C8H12N4O2/c1-12-10-8(9-11-12)7(13)4-6-2-3-14-5-6/h6H,2-5H2,1H3. The molecule has 1 aliphatic rings. The zero-order valence-electron chi connectivity index (χ0n) is 8.01. The molecule has 0 spiro atoms. The lowest BCUT2D eigenvalue weighted by molar-refractivity contribution is 0.0942. The van der Waals surface area contributed by atoms with Crippen LogP contribution in [0.15, 0.2) is 0 Å². The Morgan fingerprint density at radius 2 is 2.57 bits per heavy atom. The number of rotatable bonds is 3. The van der Waals surface area contributed by atoms with Gasteiger partial charge in [-0.25, -0.2) is 0 Å². The van der Waals surface area contributed by atoms with Gasteiger partial charge in [-0.3, -0.25) is 4.79 Å². The van der Waals surface area contributed by atoms with Gasteiger partial charge in [-0.1, -0.05) is 0 Å². The first kappa shape index (κ1) is 9.26. The molecule has 1 saturated heterocycles. The Hall–Kier alpha value is -1.30. The lowest BCUT2D eigenvalue weighted by Gasteiger charge is -2.02. The van der Waals surface area contributed by atoms with Gasteiger partial charge >= 0.3 is 0 Å². The Kier molecular flexibility index (Phi) is 2.53. The van der Waals surface area contributed by atoms with E-state index in [1.165, 1.54) is 4.80 Å². The average molecular weight is 196 g/mol. The van der Waals surface area contributed by atoms with E-state index in [0.717, 1.165) is 13.0 Å². The van der Waals surface area contributed by atoms with E-state index in [1.807, 2.05) is 0 Å². The van der Waals surface area contributed by atoms with Crippen LogP contribution >= 0.6 is 0 Å². The van der Waals surface area contributed by atoms with Gasteiger partial charge in [0.25, 0.3) is 0 Å². The topological polar surface area (TPSA) is 69.9 Å². The Labute approximate surface area is 81.2 Å². The second-order valence-corrected chi connectivity index (χ2v) is 3.46. The van der Waals surface area contributed by atoms with Gasteiger partial charge in [0, 0.05) is 19.6 Å². The highest BCUT2D eigenvalue weighted by atomic mass is 16.5. The highest BCUT2D eigenvalue weighted by molar-refractivity contribution is 5.92. The van der Waals surface area contributed by atoms with Crippen molar-refractivity contribution in [2.75, 3.05) is 13.2 Å². The van der Waals surface area contributed by atoms with Gasteiger partial charge in [-0.15, -0.1) is 10.2 Å². The largest absolute Gasteiger partial charge is 0.381 e. The first-order valence-electron chi connectivity index (χ1n) is 4.60. The molecule has 1 aromatic rings. The maximum atomic E-state index is 11.6. The number of hydrogen-bond donors (Lipinski definition) is 0. The third kappa shape index (κ3) is 1.95. The second-order valence-electron chi connectivity index (χ2n) is 3.46. The number of hydrogen-bond acceptors (Lipinski definition) is 5. The number of ketones is 1. The van der Waals surface area contributed by atoms with Crippen LogP contribution in [0.1, 0.15) is 23.5 Å². The van der Waals surface area contributed by atoms with E-state index in [0.29, 0.717) is 18.9 Å². The molecule has 14 heavy (non-hydrogen) atoms. The summed E-state index contributed by atoms with van der Waals surface area (Å²) >= 11 is 0. The van der Waals surface area contributed by atoms with Crippen molar-refractivity contribution in [2.45, 2.75) is 12.8 Å². The molecule has 0 amide bonds. The minimum absolute atomic E-state index is 0.0476. The maximum absolute atomic E-state index is 11.6. The monoisotopic (exact) mass is 196 g/mol. The SMILES string of the molecule is Cn1nnc(C(=O)CC2CCOC2)n1. The van der Waals surface area contributed by atoms with Gasteiger partial charge in [0.1, 0.15) is 0 Å². The molecule has 0 aliphatic carbocycles. The van der Waals surface area contributed by atoms with Gasteiger partial charge < -0.3 is 4.74 Å². The molecule has 1 aromatic heterocycles. The number of tetrazole rings is 1. The van der Waals surface area contributed by atoms with E-state index in [4.69, 9.17) is 4.74 Å². The molecular weight excluding hydrogens is 184 g/mol. The third-order valence-corrected chi connectivity index (χ3v) is 2.26. The molecule has 0 saturated carbocycles. The number of aromatic nitrogens is 4. The van der Waals surface area contributed by atoms with Crippen molar-refractivity contribution in [3.63, 3.8) is 0 Å². The van der Waals surface area contributed by atoms with Crippen LogP contribution in [0.25, 0.3) is 0 Å². The molecule has 1 atom stereocenters. The van der Waals surface area contributed by atoms with E-state index in [9.17, 15) is 4.79 Å². The summed E-state index contributed by atoms with van der Waals surface area (Å²) in [5.41, 5.74) is 0. The Bertz CT molecular complexity index is 330. The van der Waals surface area contributed by atoms with Crippen LogP contribution < -0.4 is 0 Å². The van der Waals surface area contributed by atoms with E-state index in [1.54, 1.807) is 7.05 Å². The third-order valence-electron chi connectivity index (χ3n) is 2.26. The van der Waals surface area contributed by atoms with Crippen LogP contribution in [-0.4, -0.2) is 39.2 Å². The van der Waals surface area contributed by atoms with Crippen molar-refractivity contribution in [2.24, 2.45) is 13.0 Å². The van der Waals surface area contributed by atoms with E-state index in [2.05, 4.69) is 15.4 Å². The predicted molar refractivity (Wildman–Crippen MR) is 46.7 cm³/mol. The predicted octanol–water partition coefficient (Wildman–Crippen LogP) is -0.181. The Morgan fingerprint density at radius 1 is 1.71 bits per heavy atom. The van der Waals surface area contributed by atoms with Crippen LogP contribution in [-0.2, 0) is 11.8 Å². The van der Waals surface area contributed by atoms with Crippen LogP contribution in [0.5, 0.6) is 0 Å². The van der Waals surface area contributed by atoms with E-state index < -0.39 is 0 Å². The van der Waals surface area contributed by atoms with Crippen molar-refractivity contribution < 1.29 is 9.53 Å². The fourth-order valence-electron chi connectivity index (χ4n) is 1.49. The first-order chi connectivity index (χ1) is 6.75. The Balaban J connectivity index is 1.95. The quantitative estimate of drug-likeness (QED) is 0.627. The summed E-state index contributed by atoms with van der Waals surface area (Å²) in [6, 6.07) is 0. The van der Waals surface area contributed by atoms with Gasteiger partial charge in [-0.2, -0.15) is 4.80 Å². The van der Waals surface area contributed by atoms with Crippen molar-refractivity contribution in [3.05, 3.63) is 5.82 Å². The number of aryl methyl sites for hydroxylation is 1. The summed E-state index contributed by atoms with van der Waals surface area (Å²) in [6.07, 6.45) is 1.41. The molecular formula is C8H12N4O2. The zero-order chi connectivity index (χ0) is 9.97. The molecule has 76 valence electrons. The van der Waals surface area contributed by atoms with Crippen LogP contribution in [0.2, 0.25) is 0 Å². The first-order valence-corrected chi connectivity index (χ1v) is 4.60. The number of ether oxygens (including phenoxy) is 1. The summed E-state index contributed by atoms with van der Waals surface area (Å²) < 4.78 is 5.19. The molecule has 0 radical (unpaired) electrons. The molecule has 0 aromatic carbocycles. The fourth-order valence-corrected chi connectivity index (χ4v) is 1.49. The van der Waals surface area contributed by atoms with Crippen molar-refractivity contribution in [1.82, 2.24) is 20.2 Å². The molecule has 0 bridgehead atoms. The molecule has 1 aliphatic heterocycles. The fraction of sp³-hybridized carbons (Fsp3) is 0.750. The summed E-state index contributed by atoms with van der Waals surface area (Å²) in [4.78, 5) is 12.9. The summed E-state index contributed by atoms with van der Waals surface area (Å²) in [6.45, 7) is 1.43. The average Bonchev–Trinajstić information content (AvgIpc) is 2.75. The lowest BCUT2D eigenvalue weighted by atomic mass is 10.0. The smallest absolute Gasteiger partial charge is 0.240 e. The minimum Gasteiger partial charge on any atom is -0.381 e. The summed E-state index contributed by atoms with van der Waals surface area (Å²) in [5.74, 6) is 0.485. The number of carbonyl (C=O) groups excluding carboxylic acids is 1. The van der Waals surface area contributed by atoms with E-state index in [-0.39, 0.29) is 11.6 Å². The number of nitrogens with zero attached hydrogens (tertiary/aromatic N) is 4. The minimum atomic E-state index is -0.0476. The molecule has 1 fully saturated rings. The zero-order valence-corrected chi connectivity index (χ0v) is 8.01. The van der Waals surface area contributed by atoms with Gasteiger partial charge in [0.2, 0.25) is 11.6 Å². The van der Waals surface area contributed by atoms with Gasteiger partial charge in [-0.05, 0) is 17.6 Å². The van der Waals surface area contributed by atoms with Gasteiger partial charge in [0.05, 0.1) is 7.05 Å². The van der Waals surface area contributed by atoms with Gasteiger partial charge in [0.15, 0.2) is 0 Å². The normalized spacial score (nSPS) is 21.4. The molecule has 2 heterocycles. The Morgan fingerprint density at radius 3 is 3.14 bits per heavy atom. The highest BCUT2D eigenvalue weighted by Gasteiger charge is 2.22. The summed E-state index contributed by atoms with van der Waals surface area (Å²) in [5, 5.41) is 11.1. The molecule has 0 N–H and O–H groups in total. The number of Topliss-reactive ketones (excluding diaryl/α,β-unsaturated/α-hetero) is 1. The van der Waals surface area contributed by atoms with Crippen molar-refractivity contribution >= 4 is 5.78 Å². The molecule has 1 unspecified atom stereocenters. The van der Waals surface area contributed by atoms with Crippen LogP contribution in [0, 0.1) is 5.92 Å². The molecule has 6 nitrogen and oxygen atoms in total. The van der Waals surface area contributed by atoms with Crippen molar-refractivity contribution in [3.8, 4) is 0 Å². The van der Waals surface area contributed by atoms with Crippen LogP contribution in [0.3, 0.4) is 0 Å². The maximum Gasteiger partial charge on any atom is 0.240 e. The lowest BCUT2D eigenvalue weighted by Crippen LogP contribution is -2.10. The second kappa shape index (κ2) is 3.83. The van der Waals surface area contributed by atoms with E-state index >= 15 is 0 Å². The van der Waals surface area contributed by atoms with Crippen molar-refractivity contribution in [1.29, 1.82) is 0 Å². The highest BCUT2D eigenvalue weighted by Crippen LogP contribution is 2.17. The van der Waals surface area contributed by atoms with Crippen LogP contribution in [0.4, 0.5) is 0 Å².